The fraction of sp³-hybridized carbons (Fsp3) is 0.250. The lowest BCUT2D eigenvalue weighted by atomic mass is 10.2. The highest BCUT2D eigenvalue weighted by molar-refractivity contribution is 5.71. The minimum Gasteiger partial charge on any atom is -0.353 e. The van der Waals surface area contributed by atoms with Crippen LogP contribution >= 0.6 is 0 Å². The first kappa shape index (κ1) is 13.8. The Kier molecular flexibility index (Phi) is 3.69. The third-order valence-corrected chi connectivity index (χ3v) is 3.80. The van der Waals surface area contributed by atoms with E-state index in [4.69, 9.17) is 4.52 Å². The highest BCUT2D eigenvalue weighted by Crippen LogP contribution is 2.29. The highest BCUT2D eigenvalue weighted by Gasteiger charge is 2.20. The summed E-state index contributed by atoms with van der Waals surface area (Å²) in [6, 6.07) is 7.57. The summed E-state index contributed by atoms with van der Waals surface area (Å²) in [5, 5.41) is 7.42. The summed E-state index contributed by atoms with van der Waals surface area (Å²) in [6.07, 6.45) is 5.21. The monoisotopic (exact) mass is 308 g/mol. The maximum absolute atomic E-state index is 5.47. The molecule has 3 aromatic rings. The summed E-state index contributed by atoms with van der Waals surface area (Å²) < 4.78 is 5.47. The van der Waals surface area contributed by atoms with Crippen LogP contribution in [0.15, 0.2) is 47.4 Å². The van der Waals surface area contributed by atoms with Crippen molar-refractivity contribution in [2.24, 2.45) is 0 Å². The number of piperazine rings is 1. The van der Waals surface area contributed by atoms with Crippen molar-refractivity contribution in [3.63, 3.8) is 0 Å². The van der Waals surface area contributed by atoms with Crippen LogP contribution in [0.2, 0.25) is 0 Å². The van der Waals surface area contributed by atoms with E-state index in [-0.39, 0.29) is 0 Å². The molecule has 0 aromatic carbocycles. The molecular weight excluding hydrogens is 292 g/mol. The molecule has 7 nitrogen and oxygen atoms in total. The Morgan fingerprint density at radius 1 is 1.04 bits per heavy atom. The molecule has 0 aliphatic carbocycles. The van der Waals surface area contributed by atoms with Crippen molar-refractivity contribution >= 4 is 5.82 Å². The number of hydrogen-bond acceptors (Lipinski definition) is 7. The normalized spacial score (nSPS) is 14.9. The minimum atomic E-state index is 0.485. The van der Waals surface area contributed by atoms with E-state index in [1.54, 1.807) is 18.6 Å². The smallest absolute Gasteiger partial charge is 0.261 e. The second-order valence-electron chi connectivity index (χ2n) is 5.27. The van der Waals surface area contributed by atoms with Crippen LogP contribution in [-0.2, 0) is 0 Å². The number of aromatic nitrogens is 4. The molecule has 0 saturated carbocycles. The quantitative estimate of drug-likeness (QED) is 0.787. The van der Waals surface area contributed by atoms with Crippen molar-refractivity contribution < 1.29 is 4.52 Å². The highest BCUT2D eigenvalue weighted by atomic mass is 16.5. The van der Waals surface area contributed by atoms with E-state index in [2.05, 4.69) is 30.3 Å². The van der Waals surface area contributed by atoms with E-state index < -0.39 is 0 Å². The van der Waals surface area contributed by atoms with Crippen LogP contribution in [0.5, 0.6) is 0 Å². The van der Waals surface area contributed by atoms with Gasteiger partial charge in [0, 0.05) is 50.3 Å². The summed E-state index contributed by atoms with van der Waals surface area (Å²) in [5.41, 5.74) is 1.74. The molecule has 1 fully saturated rings. The van der Waals surface area contributed by atoms with Gasteiger partial charge in [0.15, 0.2) is 0 Å². The molecule has 7 heteroatoms. The summed E-state index contributed by atoms with van der Waals surface area (Å²) in [6.45, 7) is 3.72. The Morgan fingerprint density at radius 3 is 2.70 bits per heavy atom. The van der Waals surface area contributed by atoms with Crippen LogP contribution in [0.4, 0.5) is 5.82 Å². The molecule has 0 unspecified atom stereocenters. The third-order valence-electron chi connectivity index (χ3n) is 3.80. The molecule has 116 valence electrons. The lowest BCUT2D eigenvalue weighted by Gasteiger charge is -2.29. The Labute approximate surface area is 133 Å². The van der Waals surface area contributed by atoms with Crippen molar-refractivity contribution in [2.45, 2.75) is 0 Å². The number of rotatable bonds is 3. The second-order valence-corrected chi connectivity index (χ2v) is 5.27. The predicted molar refractivity (Wildman–Crippen MR) is 85.8 cm³/mol. The average Bonchev–Trinajstić information content (AvgIpc) is 3.13. The van der Waals surface area contributed by atoms with Crippen LogP contribution in [0, 0.1) is 0 Å². The van der Waals surface area contributed by atoms with E-state index in [1.807, 2.05) is 24.3 Å². The van der Waals surface area contributed by atoms with E-state index >= 15 is 0 Å². The molecule has 0 spiro atoms. The largest absolute Gasteiger partial charge is 0.353 e. The first-order valence-corrected chi connectivity index (χ1v) is 7.57. The summed E-state index contributed by atoms with van der Waals surface area (Å²) in [5.74, 6) is 1.93. The number of anilines is 1. The molecular formula is C16H16N6O. The molecule has 0 atom stereocenters. The fourth-order valence-corrected chi connectivity index (χ4v) is 2.64. The van der Waals surface area contributed by atoms with Crippen molar-refractivity contribution in [1.82, 2.24) is 25.4 Å². The number of pyridine rings is 2. The summed E-state index contributed by atoms with van der Waals surface area (Å²) in [4.78, 5) is 15.3. The van der Waals surface area contributed by atoms with Crippen LogP contribution in [0.25, 0.3) is 22.8 Å². The van der Waals surface area contributed by atoms with Crippen molar-refractivity contribution in [2.75, 3.05) is 31.1 Å². The lowest BCUT2D eigenvalue weighted by Crippen LogP contribution is -2.44. The second kappa shape index (κ2) is 6.13. The van der Waals surface area contributed by atoms with Gasteiger partial charge in [-0.3, -0.25) is 4.98 Å². The SMILES string of the molecule is c1cnc(N2CCNCC2)c(-c2nc(-c3ccncc3)no2)c1. The number of nitrogens with zero attached hydrogens (tertiary/aromatic N) is 5. The van der Waals surface area contributed by atoms with Gasteiger partial charge in [0.25, 0.3) is 5.89 Å². The number of hydrogen-bond donors (Lipinski definition) is 1. The topological polar surface area (TPSA) is 80.0 Å². The molecule has 4 rings (SSSR count). The van der Waals surface area contributed by atoms with Crippen molar-refractivity contribution in [3.05, 3.63) is 42.9 Å². The average molecular weight is 308 g/mol. The molecule has 0 bridgehead atoms. The van der Waals surface area contributed by atoms with Crippen molar-refractivity contribution in [3.8, 4) is 22.8 Å². The lowest BCUT2D eigenvalue weighted by molar-refractivity contribution is 0.432. The molecule has 3 aromatic heterocycles. The van der Waals surface area contributed by atoms with Gasteiger partial charge in [0.05, 0.1) is 5.56 Å². The van der Waals surface area contributed by atoms with Gasteiger partial charge in [-0.05, 0) is 24.3 Å². The third kappa shape index (κ3) is 2.78. The molecule has 4 heterocycles. The zero-order valence-corrected chi connectivity index (χ0v) is 12.5. The zero-order chi connectivity index (χ0) is 15.5. The van der Waals surface area contributed by atoms with Crippen LogP contribution < -0.4 is 10.2 Å². The first-order chi connectivity index (χ1) is 11.4. The maximum atomic E-state index is 5.47. The van der Waals surface area contributed by atoms with Gasteiger partial charge in [-0.15, -0.1) is 0 Å². The maximum Gasteiger partial charge on any atom is 0.261 e. The van der Waals surface area contributed by atoms with Gasteiger partial charge in [-0.2, -0.15) is 4.98 Å². The molecule has 0 radical (unpaired) electrons. The van der Waals surface area contributed by atoms with Gasteiger partial charge in [0.1, 0.15) is 5.82 Å². The Bertz CT molecular complexity index is 782. The van der Waals surface area contributed by atoms with Gasteiger partial charge in [-0.1, -0.05) is 5.16 Å². The minimum absolute atomic E-state index is 0.485. The fourth-order valence-electron chi connectivity index (χ4n) is 2.64. The summed E-state index contributed by atoms with van der Waals surface area (Å²) in [7, 11) is 0. The molecule has 0 amide bonds. The molecule has 1 aliphatic rings. The molecule has 1 saturated heterocycles. The molecule has 1 N–H and O–H groups in total. The Balaban J connectivity index is 1.70. The predicted octanol–water partition coefficient (Wildman–Crippen LogP) is 1.60. The van der Waals surface area contributed by atoms with Gasteiger partial charge in [-0.25, -0.2) is 4.98 Å². The summed E-state index contributed by atoms with van der Waals surface area (Å²) >= 11 is 0. The van der Waals surface area contributed by atoms with Gasteiger partial charge < -0.3 is 14.7 Å². The standard InChI is InChI=1S/C16H16N6O/c1-2-13(15(19-5-1)22-10-8-18-9-11-22)16-20-14(21-23-16)12-3-6-17-7-4-12/h1-7,18H,8-11H2. The van der Waals surface area contributed by atoms with E-state index in [0.717, 1.165) is 43.1 Å². The Hall–Kier alpha value is -2.80. The molecule has 1 aliphatic heterocycles. The van der Waals surface area contributed by atoms with E-state index in [0.29, 0.717) is 11.7 Å². The zero-order valence-electron chi connectivity index (χ0n) is 12.5. The van der Waals surface area contributed by atoms with Crippen LogP contribution in [-0.4, -0.2) is 46.3 Å². The molecule has 23 heavy (non-hydrogen) atoms. The van der Waals surface area contributed by atoms with Crippen LogP contribution in [0.1, 0.15) is 0 Å². The Morgan fingerprint density at radius 2 is 1.87 bits per heavy atom. The van der Waals surface area contributed by atoms with Crippen molar-refractivity contribution in [1.29, 1.82) is 0 Å². The van der Waals surface area contributed by atoms with Crippen LogP contribution in [0.3, 0.4) is 0 Å². The first-order valence-electron chi connectivity index (χ1n) is 7.57. The van der Waals surface area contributed by atoms with E-state index in [1.165, 1.54) is 0 Å². The van der Waals surface area contributed by atoms with Gasteiger partial charge >= 0.3 is 0 Å². The van der Waals surface area contributed by atoms with E-state index in [9.17, 15) is 0 Å². The van der Waals surface area contributed by atoms with Gasteiger partial charge in [0.2, 0.25) is 5.82 Å². The number of nitrogens with one attached hydrogen (secondary N) is 1.